The number of likely N-dealkylation sites (tertiary alicyclic amines) is 1. The van der Waals surface area contributed by atoms with Crippen molar-refractivity contribution in [2.45, 2.75) is 32.6 Å². The van der Waals surface area contributed by atoms with Gasteiger partial charge in [-0.3, -0.25) is 9.59 Å². The highest BCUT2D eigenvalue weighted by Gasteiger charge is 2.36. The van der Waals surface area contributed by atoms with E-state index in [-0.39, 0.29) is 23.7 Å². The van der Waals surface area contributed by atoms with E-state index in [2.05, 4.69) is 10.4 Å². The number of anilines is 1. The summed E-state index contributed by atoms with van der Waals surface area (Å²) >= 11 is 0. The van der Waals surface area contributed by atoms with Gasteiger partial charge in [0, 0.05) is 30.8 Å². The summed E-state index contributed by atoms with van der Waals surface area (Å²) in [6, 6.07) is 9.82. The molecule has 1 aliphatic carbocycles. The van der Waals surface area contributed by atoms with E-state index in [0.717, 1.165) is 43.5 Å². The van der Waals surface area contributed by atoms with Crippen molar-refractivity contribution < 1.29 is 9.59 Å². The van der Waals surface area contributed by atoms with Gasteiger partial charge in [-0.2, -0.15) is 0 Å². The lowest BCUT2D eigenvalue weighted by molar-refractivity contribution is -0.135. The summed E-state index contributed by atoms with van der Waals surface area (Å²) in [4.78, 5) is 26.9. The van der Waals surface area contributed by atoms with Gasteiger partial charge in [-0.15, -0.1) is 5.10 Å². The molecule has 1 unspecified atom stereocenters. The number of carbonyl (C=O) groups excluding carboxylic acids is 2. The monoisotopic (exact) mass is 352 g/mol. The second kappa shape index (κ2) is 6.94. The number of rotatable bonds is 4. The van der Waals surface area contributed by atoms with Crippen LogP contribution in [-0.4, -0.2) is 39.6 Å². The van der Waals surface area contributed by atoms with Gasteiger partial charge in [-0.25, -0.2) is 4.68 Å². The molecule has 26 heavy (non-hydrogen) atoms. The lowest BCUT2D eigenvalue weighted by Crippen LogP contribution is -2.44. The number of benzene rings is 1. The predicted octanol–water partition coefficient (Wildman–Crippen LogP) is 2.77. The highest BCUT2D eigenvalue weighted by atomic mass is 16.2. The molecule has 1 N–H and O–H groups in total. The maximum Gasteiger partial charge on any atom is 0.230 e. The third-order valence-electron chi connectivity index (χ3n) is 5.19. The van der Waals surface area contributed by atoms with Crippen molar-refractivity contribution in [1.29, 1.82) is 0 Å². The van der Waals surface area contributed by atoms with E-state index < -0.39 is 0 Å². The summed E-state index contributed by atoms with van der Waals surface area (Å²) < 4.78 is 1.77. The van der Waals surface area contributed by atoms with Crippen molar-refractivity contribution in [1.82, 2.24) is 14.7 Å². The van der Waals surface area contributed by atoms with Crippen molar-refractivity contribution in [3.8, 4) is 5.69 Å². The Hall–Kier alpha value is -2.63. The SMILES string of the molecule is Cc1cn(-c2ccccc2)nc1NC(=O)C1CCCN(C(=O)C2CC2)C1. The van der Waals surface area contributed by atoms with Crippen molar-refractivity contribution in [2.24, 2.45) is 11.8 Å². The second-order valence-electron chi connectivity index (χ2n) is 7.33. The highest BCUT2D eigenvalue weighted by Crippen LogP contribution is 2.32. The van der Waals surface area contributed by atoms with Crippen LogP contribution in [0.2, 0.25) is 0 Å². The van der Waals surface area contributed by atoms with Crippen LogP contribution in [0, 0.1) is 18.8 Å². The fourth-order valence-corrected chi connectivity index (χ4v) is 3.50. The highest BCUT2D eigenvalue weighted by molar-refractivity contribution is 5.93. The molecular weight excluding hydrogens is 328 g/mol. The Morgan fingerprint density at radius 3 is 2.62 bits per heavy atom. The van der Waals surface area contributed by atoms with Gasteiger partial charge in [0.2, 0.25) is 11.8 Å². The van der Waals surface area contributed by atoms with Gasteiger partial charge in [0.05, 0.1) is 11.6 Å². The lowest BCUT2D eigenvalue weighted by atomic mass is 9.96. The molecular formula is C20H24N4O2. The molecule has 2 aliphatic rings. The zero-order chi connectivity index (χ0) is 18.1. The van der Waals surface area contributed by atoms with Crippen LogP contribution in [0.1, 0.15) is 31.2 Å². The van der Waals surface area contributed by atoms with Gasteiger partial charge < -0.3 is 10.2 Å². The summed E-state index contributed by atoms with van der Waals surface area (Å²) in [6.45, 7) is 3.24. The van der Waals surface area contributed by atoms with Crippen LogP contribution in [-0.2, 0) is 9.59 Å². The molecule has 2 amide bonds. The number of piperidine rings is 1. The van der Waals surface area contributed by atoms with Gasteiger partial charge in [0.25, 0.3) is 0 Å². The second-order valence-corrected chi connectivity index (χ2v) is 7.33. The smallest absolute Gasteiger partial charge is 0.230 e. The van der Waals surface area contributed by atoms with Gasteiger partial charge in [-0.05, 0) is 44.7 Å². The van der Waals surface area contributed by atoms with E-state index in [0.29, 0.717) is 12.4 Å². The first-order valence-electron chi connectivity index (χ1n) is 9.33. The molecule has 1 aromatic carbocycles. The van der Waals surface area contributed by atoms with Crippen molar-refractivity contribution >= 4 is 17.6 Å². The van der Waals surface area contributed by atoms with Crippen LogP contribution in [0.25, 0.3) is 5.69 Å². The Kier molecular flexibility index (Phi) is 4.49. The Bertz CT molecular complexity index is 810. The molecule has 1 atom stereocenters. The summed E-state index contributed by atoms with van der Waals surface area (Å²) in [5, 5.41) is 7.48. The first-order chi connectivity index (χ1) is 12.6. The first kappa shape index (κ1) is 16.8. The summed E-state index contributed by atoms with van der Waals surface area (Å²) in [5.74, 6) is 0.824. The van der Waals surface area contributed by atoms with Crippen LogP contribution < -0.4 is 5.32 Å². The van der Waals surface area contributed by atoms with Gasteiger partial charge >= 0.3 is 0 Å². The molecule has 1 aromatic heterocycles. The molecule has 1 saturated heterocycles. The fraction of sp³-hybridized carbons (Fsp3) is 0.450. The Balaban J connectivity index is 1.43. The normalized spacial score (nSPS) is 20.0. The first-order valence-corrected chi connectivity index (χ1v) is 9.33. The third-order valence-corrected chi connectivity index (χ3v) is 5.19. The van der Waals surface area contributed by atoms with Gasteiger partial charge in [-0.1, -0.05) is 18.2 Å². The van der Waals surface area contributed by atoms with Crippen LogP contribution in [0.15, 0.2) is 36.5 Å². The summed E-state index contributed by atoms with van der Waals surface area (Å²) in [7, 11) is 0. The number of aryl methyl sites for hydroxylation is 1. The van der Waals surface area contributed by atoms with E-state index >= 15 is 0 Å². The molecule has 6 nitrogen and oxygen atoms in total. The van der Waals surface area contributed by atoms with Crippen molar-refractivity contribution in [2.75, 3.05) is 18.4 Å². The summed E-state index contributed by atoms with van der Waals surface area (Å²) in [5.41, 5.74) is 1.87. The minimum atomic E-state index is -0.160. The molecule has 4 rings (SSSR count). The molecule has 0 spiro atoms. The van der Waals surface area contributed by atoms with Crippen LogP contribution in [0.5, 0.6) is 0 Å². The number of hydrogen-bond acceptors (Lipinski definition) is 3. The standard InChI is InChI=1S/C20H24N4O2/c1-14-12-24(17-7-3-2-4-8-17)22-18(14)21-19(25)16-6-5-11-23(13-16)20(26)15-9-10-15/h2-4,7-8,12,15-16H,5-6,9-11,13H2,1H3,(H,21,22,25). The van der Waals surface area contributed by atoms with Gasteiger partial charge in [0.15, 0.2) is 5.82 Å². The van der Waals surface area contributed by atoms with E-state index in [9.17, 15) is 9.59 Å². The van der Waals surface area contributed by atoms with E-state index in [4.69, 9.17) is 0 Å². The fourth-order valence-electron chi connectivity index (χ4n) is 3.50. The van der Waals surface area contributed by atoms with E-state index in [1.165, 1.54) is 0 Å². The number of nitrogens with zero attached hydrogens (tertiary/aromatic N) is 3. The topological polar surface area (TPSA) is 67.2 Å². The number of carbonyl (C=O) groups is 2. The molecule has 6 heteroatoms. The zero-order valence-electron chi connectivity index (χ0n) is 15.0. The minimum Gasteiger partial charge on any atom is -0.342 e. The lowest BCUT2D eigenvalue weighted by Gasteiger charge is -2.32. The zero-order valence-corrected chi connectivity index (χ0v) is 15.0. The number of para-hydroxylation sites is 1. The van der Waals surface area contributed by atoms with Crippen molar-refractivity contribution in [3.63, 3.8) is 0 Å². The maximum atomic E-state index is 12.7. The molecule has 0 bridgehead atoms. The largest absolute Gasteiger partial charge is 0.342 e. The number of aromatic nitrogens is 2. The van der Waals surface area contributed by atoms with E-state index in [1.54, 1.807) is 4.68 Å². The summed E-state index contributed by atoms with van der Waals surface area (Å²) in [6.07, 6.45) is 5.62. The predicted molar refractivity (Wildman–Crippen MR) is 99.0 cm³/mol. The van der Waals surface area contributed by atoms with Crippen LogP contribution in [0.4, 0.5) is 5.82 Å². The minimum absolute atomic E-state index is 0.0419. The van der Waals surface area contributed by atoms with Gasteiger partial charge in [0.1, 0.15) is 0 Å². The van der Waals surface area contributed by atoms with E-state index in [1.807, 2.05) is 48.4 Å². The van der Waals surface area contributed by atoms with Crippen LogP contribution in [0.3, 0.4) is 0 Å². The molecule has 136 valence electrons. The maximum absolute atomic E-state index is 12.7. The molecule has 2 aromatic rings. The average molecular weight is 352 g/mol. The number of nitrogens with one attached hydrogen (secondary N) is 1. The van der Waals surface area contributed by atoms with Crippen molar-refractivity contribution in [3.05, 3.63) is 42.1 Å². The molecule has 2 heterocycles. The number of hydrogen-bond donors (Lipinski definition) is 1. The Morgan fingerprint density at radius 1 is 1.12 bits per heavy atom. The molecule has 1 aliphatic heterocycles. The average Bonchev–Trinajstić information content (AvgIpc) is 3.46. The quantitative estimate of drug-likeness (QED) is 0.920. The molecule has 0 radical (unpaired) electrons. The number of amides is 2. The molecule has 1 saturated carbocycles. The Morgan fingerprint density at radius 2 is 1.88 bits per heavy atom. The van der Waals surface area contributed by atoms with Crippen LogP contribution >= 0.6 is 0 Å². The Labute approximate surface area is 153 Å². The molecule has 2 fully saturated rings. The third kappa shape index (κ3) is 3.49.